The monoisotopic (exact) mass is 297 g/mol. The van der Waals surface area contributed by atoms with Gasteiger partial charge in [0.1, 0.15) is 23.2 Å². The van der Waals surface area contributed by atoms with Crippen molar-refractivity contribution in [3.05, 3.63) is 29.2 Å². The Labute approximate surface area is 129 Å². The third kappa shape index (κ3) is 2.11. The largest absolute Gasteiger partial charge is 0.357 e. The molecule has 1 atom stereocenters. The van der Waals surface area contributed by atoms with Gasteiger partial charge in [0.25, 0.3) is 0 Å². The lowest BCUT2D eigenvalue weighted by atomic mass is 10.0. The Bertz CT molecular complexity index is 771. The van der Waals surface area contributed by atoms with Crippen molar-refractivity contribution in [1.29, 1.82) is 0 Å². The lowest BCUT2D eigenvalue weighted by Gasteiger charge is -2.31. The van der Waals surface area contributed by atoms with Gasteiger partial charge in [-0.2, -0.15) is 0 Å². The van der Waals surface area contributed by atoms with Crippen LogP contribution < -0.4 is 10.2 Å². The Balaban J connectivity index is 2.30. The lowest BCUT2D eigenvalue weighted by Crippen LogP contribution is -2.44. The van der Waals surface area contributed by atoms with Crippen LogP contribution in [0.5, 0.6) is 0 Å². The van der Waals surface area contributed by atoms with Gasteiger partial charge in [-0.1, -0.05) is 0 Å². The number of hydrogen-bond acceptors (Lipinski definition) is 5. The Morgan fingerprint density at radius 3 is 2.64 bits per heavy atom. The van der Waals surface area contributed by atoms with Crippen molar-refractivity contribution in [3.8, 4) is 11.4 Å². The summed E-state index contributed by atoms with van der Waals surface area (Å²) in [5, 5.41) is 3.15. The van der Waals surface area contributed by atoms with Crippen LogP contribution in [0.25, 0.3) is 11.4 Å². The number of anilines is 2. The van der Waals surface area contributed by atoms with Gasteiger partial charge >= 0.3 is 0 Å². The molecule has 6 nitrogen and oxygen atoms in total. The van der Waals surface area contributed by atoms with Crippen LogP contribution >= 0.6 is 0 Å². The molecule has 3 rings (SSSR count). The van der Waals surface area contributed by atoms with E-state index in [0.29, 0.717) is 23.0 Å². The summed E-state index contributed by atoms with van der Waals surface area (Å²) in [6.07, 6.45) is 1.77. The van der Waals surface area contributed by atoms with Gasteiger partial charge in [0.15, 0.2) is 5.82 Å². The third-order valence-corrected chi connectivity index (χ3v) is 4.08. The number of aryl methyl sites for hydroxylation is 2. The fourth-order valence-electron chi connectivity index (χ4n) is 2.69. The fourth-order valence-corrected chi connectivity index (χ4v) is 2.69. The maximum absolute atomic E-state index is 12.3. The molecule has 1 unspecified atom stereocenters. The Hall–Kier alpha value is -2.50. The second-order valence-corrected chi connectivity index (χ2v) is 5.68. The first kappa shape index (κ1) is 14.4. The molecular formula is C16H19N5O. The van der Waals surface area contributed by atoms with Gasteiger partial charge in [0, 0.05) is 13.2 Å². The number of hydrogen-bond donors (Lipinski definition) is 1. The van der Waals surface area contributed by atoms with Crippen LogP contribution in [0.2, 0.25) is 0 Å². The molecule has 1 aliphatic rings. The van der Waals surface area contributed by atoms with Crippen molar-refractivity contribution < 1.29 is 4.79 Å². The maximum Gasteiger partial charge on any atom is 0.249 e. The zero-order valence-corrected chi connectivity index (χ0v) is 13.4. The molecule has 0 spiro atoms. The average Bonchev–Trinajstić information content (AvgIpc) is 2.47. The van der Waals surface area contributed by atoms with Gasteiger partial charge < -0.3 is 10.2 Å². The molecule has 1 aliphatic heterocycles. The third-order valence-electron chi connectivity index (χ3n) is 4.08. The molecule has 0 fully saturated rings. The maximum atomic E-state index is 12.3. The summed E-state index contributed by atoms with van der Waals surface area (Å²) in [6, 6.07) is 1.67. The van der Waals surface area contributed by atoms with Crippen molar-refractivity contribution in [1.82, 2.24) is 15.0 Å². The van der Waals surface area contributed by atoms with Crippen LogP contribution in [0.15, 0.2) is 12.3 Å². The van der Waals surface area contributed by atoms with E-state index in [-0.39, 0.29) is 11.9 Å². The van der Waals surface area contributed by atoms with Gasteiger partial charge in [0.2, 0.25) is 5.91 Å². The van der Waals surface area contributed by atoms with Gasteiger partial charge in [-0.05, 0) is 44.9 Å². The summed E-state index contributed by atoms with van der Waals surface area (Å²) < 4.78 is 0. The number of rotatable bonds is 1. The van der Waals surface area contributed by atoms with E-state index >= 15 is 0 Å². The van der Waals surface area contributed by atoms with Gasteiger partial charge in [0.05, 0.1) is 5.69 Å². The van der Waals surface area contributed by atoms with Crippen molar-refractivity contribution >= 4 is 17.4 Å². The first-order valence-corrected chi connectivity index (χ1v) is 7.25. The highest BCUT2D eigenvalue weighted by atomic mass is 16.2. The summed E-state index contributed by atoms with van der Waals surface area (Å²) in [7, 11) is 1.76. The Morgan fingerprint density at radius 1 is 1.18 bits per heavy atom. The van der Waals surface area contributed by atoms with Gasteiger partial charge in [-0.25, -0.2) is 9.97 Å². The van der Waals surface area contributed by atoms with Crippen LogP contribution in [-0.4, -0.2) is 33.9 Å². The van der Waals surface area contributed by atoms with Gasteiger partial charge in [-0.15, -0.1) is 0 Å². The van der Waals surface area contributed by atoms with Crippen LogP contribution in [0.1, 0.15) is 23.9 Å². The second-order valence-electron chi connectivity index (χ2n) is 5.68. The number of pyridine rings is 1. The van der Waals surface area contributed by atoms with E-state index in [9.17, 15) is 4.79 Å². The summed E-state index contributed by atoms with van der Waals surface area (Å²) in [6.45, 7) is 7.73. The molecule has 0 saturated heterocycles. The normalized spacial score (nSPS) is 17.2. The van der Waals surface area contributed by atoms with E-state index in [1.807, 2.05) is 33.8 Å². The smallest absolute Gasteiger partial charge is 0.249 e. The molecule has 2 aromatic rings. The second kappa shape index (κ2) is 5.05. The molecule has 1 N–H and O–H groups in total. The van der Waals surface area contributed by atoms with Crippen molar-refractivity contribution in [2.75, 3.05) is 17.3 Å². The highest BCUT2D eigenvalue weighted by molar-refractivity contribution is 6.06. The number of nitrogens with zero attached hydrogens (tertiary/aromatic N) is 4. The summed E-state index contributed by atoms with van der Waals surface area (Å²) in [4.78, 5) is 27.4. The number of likely N-dealkylation sites (N-methyl/N-ethyl adjacent to an activating group) is 1. The molecule has 0 aliphatic carbocycles. The average molecular weight is 297 g/mol. The Morgan fingerprint density at radius 2 is 1.91 bits per heavy atom. The number of nitrogens with one attached hydrogen (secondary N) is 1. The number of fused-ring (bicyclic) bond motifs is 1. The highest BCUT2D eigenvalue weighted by Gasteiger charge is 2.32. The predicted molar refractivity (Wildman–Crippen MR) is 86.0 cm³/mol. The first-order chi connectivity index (χ1) is 10.4. The van der Waals surface area contributed by atoms with E-state index < -0.39 is 0 Å². The molecule has 2 aromatic heterocycles. The fraction of sp³-hybridized carbons (Fsp3) is 0.375. The number of carbonyl (C=O) groups excluding carboxylic acids is 1. The van der Waals surface area contributed by atoms with Gasteiger partial charge in [-0.3, -0.25) is 9.78 Å². The zero-order valence-electron chi connectivity index (χ0n) is 13.4. The summed E-state index contributed by atoms with van der Waals surface area (Å²) >= 11 is 0. The van der Waals surface area contributed by atoms with E-state index in [1.165, 1.54) is 0 Å². The number of carbonyl (C=O) groups is 1. The van der Waals surface area contributed by atoms with Crippen molar-refractivity contribution in [2.24, 2.45) is 0 Å². The molecule has 22 heavy (non-hydrogen) atoms. The van der Waals surface area contributed by atoms with Crippen LogP contribution in [0, 0.1) is 20.8 Å². The molecule has 0 saturated carbocycles. The molecular weight excluding hydrogens is 278 g/mol. The summed E-state index contributed by atoms with van der Waals surface area (Å²) in [5.74, 6) is 1.32. The predicted octanol–water partition coefficient (Wildman–Crippen LogP) is 2.24. The lowest BCUT2D eigenvalue weighted by molar-refractivity contribution is -0.118. The molecule has 1 amide bonds. The van der Waals surface area contributed by atoms with Crippen LogP contribution in [-0.2, 0) is 4.79 Å². The van der Waals surface area contributed by atoms with Crippen LogP contribution in [0.3, 0.4) is 0 Å². The molecule has 3 heterocycles. The Kier molecular flexibility index (Phi) is 3.31. The van der Waals surface area contributed by atoms with E-state index in [4.69, 9.17) is 0 Å². The van der Waals surface area contributed by atoms with Crippen molar-refractivity contribution in [3.63, 3.8) is 0 Å². The zero-order chi connectivity index (χ0) is 16.0. The van der Waals surface area contributed by atoms with E-state index in [0.717, 1.165) is 16.8 Å². The summed E-state index contributed by atoms with van der Waals surface area (Å²) in [5.41, 5.74) is 4.37. The minimum absolute atomic E-state index is 0.00786. The standard InChI is InChI=1S/C16H19N5O/c1-8-6-7-17-12(9(8)2)13-14-15(20-11(4)19-13)18-10(3)16(22)21(14)5/h6-7,10H,1-5H3,(H,18,19,20). The molecule has 114 valence electrons. The SMILES string of the molecule is Cc1nc2c(c(-c3nccc(C)c3C)n1)N(C)C(=O)C(C)N2. The quantitative estimate of drug-likeness (QED) is 0.874. The topological polar surface area (TPSA) is 71.0 Å². The minimum Gasteiger partial charge on any atom is -0.357 e. The van der Waals surface area contributed by atoms with E-state index in [1.54, 1.807) is 18.1 Å². The first-order valence-electron chi connectivity index (χ1n) is 7.25. The molecule has 0 aromatic carbocycles. The van der Waals surface area contributed by atoms with E-state index in [2.05, 4.69) is 20.3 Å². The van der Waals surface area contributed by atoms with Crippen molar-refractivity contribution in [2.45, 2.75) is 33.7 Å². The number of amides is 1. The molecule has 6 heteroatoms. The minimum atomic E-state index is -0.300. The molecule has 0 radical (unpaired) electrons. The van der Waals surface area contributed by atoms with Crippen LogP contribution in [0.4, 0.5) is 11.5 Å². The highest BCUT2D eigenvalue weighted by Crippen LogP contribution is 2.38. The molecule has 0 bridgehead atoms. The number of aromatic nitrogens is 3.